The van der Waals surface area contributed by atoms with Crippen molar-refractivity contribution in [3.63, 3.8) is 0 Å². The van der Waals surface area contributed by atoms with Crippen molar-refractivity contribution in [2.24, 2.45) is 4.99 Å². The van der Waals surface area contributed by atoms with Gasteiger partial charge in [0.15, 0.2) is 11.8 Å². The van der Waals surface area contributed by atoms with E-state index in [1.807, 2.05) is 7.05 Å². The van der Waals surface area contributed by atoms with Crippen LogP contribution in [-0.4, -0.2) is 52.1 Å². The SMILES string of the molecule is CCC1CN(C(=NC)NCc2noc(C(C)(C)C)n2)CCS1. The van der Waals surface area contributed by atoms with Gasteiger partial charge < -0.3 is 14.7 Å². The number of aliphatic imine (C=N–C) groups is 1. The molecular formula is C15H27N5OS. The first kappa shape index (κ1) is 17.1. The number of nitrogens with zero attached hydrogens (tertiary/aromatic N) is 4. The van der Waals surface area contributed by atoms with Gasteiger partial charge in [-0.05, 0) is 6.42 Å². The molecule has 0 spiro atoms. The zero-order valence-corrected chi connectivity index (χ0v) is 15.0. The zero-order chi connectivity index (χ0) is 16.2. The van der Waals surface area contributed by atoms with Crippen LogP contribution in [0.25, 0.3) is 0 Å². The van der Waals surface area contributed by atoms with Crippen molar-refractivity contribution in [1.29, 1.82) is 0 Å². The summed E-state index contributed by atoms with van der Waals surface area (Å²) in [5.41, 5.74) is -0.120. The molecule has 0 radical (unpaired) electrons. The van der Waals surface area contributed by atoms with E-state index in [2.05, 4.69) is 64.8 Å². The molecule has 1 aromatic rings. The Kier molecular flexibility index (Phi) is 5.72. The lowest BCUT2D eigenvalue weighted by atomic mass is 9.97. The highest BCUT2D eigenvalue weighted by atomic mass is 32.2. The lowest BCUT2D eigenvalue weighted by Crippen LogP contribution is -2.47. The summed E-state index contributed by atoms with van der Waals surface area (Å²) in [6.07, 6.45) is 1.19. The van der Waals surface area contributed by atoms with E-state index < -0.39 is 0 Å². The van der Waals surface area contributed by atoms with Gasteiger partial charge in [-0.1, -0.05) is 32.9 Å². The molecule has 2 rings (SSSR count). The first-order chi connectivity index (χ1) is 10.4. The molecule has 22 heavy (non-hydrogen) atoms. The van der Waals surface area contributed by atoms with Crippen molar-refractivity contribution < 1.29 is 4.52 Å². The van der Waals surface area contributed by atoms with Crippen LogP contribution in [0, 0.1) is 0 Å². The summed E-state index contributed by atoms with van der Waals surface area (Å²) >= 11 is 2.05. The number of thioether (sulfide) groups is 1. The van der Waals surface area contributed by atoms with Crippen LogP contribution in [0.4, 0.5) is 0 Å². The number of aromatic nitrogens is 2. The molecule has 6 nitrogen and oxygen atoms in total. The molecule has 1 fully saturated rings. The van der Waals surface area contributed by atoms with Gasteiger partial charge in [0, 0.05) is 36.6 Å². The topological polar surface area (TPSA) is 66.5 Å². The molecule has 0 saturated carbocycles. The predicted octanol–water partition coefficient (Wildman–Crippen LogP) is 2.27. The van der Waals surface area contributed by atoms with Gasteiger partial charge in [0.1, 0.15) is 0 Å². The molecule has 0 bridgehead atoms. The highest BCUT2D eigenvalue weighted by molar-refractivity contribution is 8.00. The lowest BCUT2D eigenvalue weighted by Gasteiger charge is -2.34. The van der Waals surface area contributed by atoms with Crippen LogP contribution in [0.1, 0.15) is 45.8 Å². The number of rotatable bonds is 3. The van der Waals surface area contributed by atoms with E-state index in [9.17, 15) is 0 Å². The lowest BCUT2D eigenvalue weighted by molar-refractivity contribution is 0.318. The molecule has 1 aliphatic heterocycles. The average Bonchev–Trinajstić information content (AvgIpc) is 2.97. The maximum absolute atomic E-state index is 5.32. The second-order valence-corrected chi connectivity index (χ2v) is 7.92. The molecule has 7 heteroatoms. The minimum absolute atomic E-state index is 0.120. The predicted molar refractivity (Wildman–Crippen MR) is 91.3 cm³/mol. The van der Waals surface area contributed by atoms with E-state index in [-0.39, 0.29) is 5.41 Å². The second kappa shape index (κ2) is 7.35. The highest BCUT2D eigenvalue weighted by Gasteiger charge is 2.23. The molecule has 1 aliphatic rings. The first-order valence-electron chi connectivity index (χ1n) is 7.84. The Hall–Kier alpha value is -1.24. The van der Waals surface area contributed by atoms with Crippen LogP contribution < -0.4 is 5.32 Å². The van der Waals surface area contributed by atoms with E-state index in [1.165, 1.54) is 6.42 Å². The van der Waals surface area contributed by atoms with Crippen LogP contribution >= 0.6 is 11.8 Å². The smallest absolute Gasteiger partial charge is 0.232 e. The fourth-order valence-corrected chi connectivity index (χ4v) is 3.46. The van der Waals surface area contributed by atoms with Gasteiger partial charge in [-0.2, -0.15) is 16.7 Å². The van der Waals surface area contributed by atoms with Gasteiger partial charge in [-0.3, -0.25) is 4.99 Å². The number of hydrogen-bond acceptors (Lipinski definition) is 5. The third kappa shape index (κ3) is 4.38. The minimum atomic E-state index is -0.120. The molecule has 1 unspecified atom stereocenters. The van der Waals surface area contributed by atoms with Gasteiger partial charge in [0.25, 0.3) is 0 Å². The Labute approximate surface area is 137 Å². The van der Waals surface area contributed by atoms with Crippen molar-refractivity contribution >= 4 is 17.7 Å². The van der Waals surface area contributed by atoms with E-state index in [0.717, 1.165) is 24.8 Å². The Bertz CT molecular complexity index is 508. The summed E-state index contributed by atoms with van der Waals surface area (Å²) in [5.74, 6) is 3.40. The quantitative estimate of drug-likeness (QED) is 0.679. The van der Waals surface area contributed by atoms with Crippen LogP contribution in [0.5, 0.6) is 0 Å². The number of guanidine groups is 1. The fourth-order valence-electron chi connectivity index (χ4n) is 2.28. The first-order valence-corrected chi connectivity index (χ1v) is 8.89. The molecule has 1 saturated heterocycles. The van der Waals surface area contributed by atoms with Crippen molar-refractivity contribution in [1.82, 2.24) is 20.4 Å². The molecule has 1 aromatic heterocycles. The molecule has 0 amide bonds. The third-order valence-corrected chi connectivity index (χ3v) is 4.99. The second-order valence-electron chi connectivity index (χ2n) is 6.51. The standard InChI is InChI=1S/C15H27N5OS/c1-6-11-10-20(7-8-22-11)14(16-5)17-9-12-18-13(21-19-12)15(2,3)4/h11H,6-10H2,1-5H3,(H,16,17). The highest BCUT2D eigenvalue weighted by Crippen LogP contribution is 2.21. The van der Waals surface area contributed by atoms with Crippen LogP contribution in [0.2, 0.25) is 0 Å². The van der Waals surface area contributed by atoms with Gasteiger partial charge in [0.05, 0.1) is 6.54 Å². The van der Waals surface area contributed by atoms with Crippen molar-refractivity contribution in [3.05, 3.63) is 11.7 Å². The van der Waals surface area contributed by atoms with Crippen molar-refractivity contribution in [2.45, 2.75) is 51.3 Å². The van der Waals surface area contributed by atoms with Crippen molar-refractivity contribution in [2.75, 3.05) is 25.9 Å². The summed E-state index contributed by atoms with van der Waals surface area (Å²) in [7, 11) is 1.82. The Morgan fingerprint density at radius 2 is 2.27 bits per heavy atom. The molecular weight excluding hydrogens is 298 g/mol. The molecule has 2 heterocycles. The maximum Gasteiger partial charge on any atom is 0.232 e. The normalized spacial score (nSPS) is 20.3. The van der Waals surface area contributed by atoms with Crippen LogP contribution in [0.15, 0.2) is 9.52 Å². The monoisotopic (exact) mass is 325 g/mol. The summed E-state index contributed by atoms with van der Waals surface area (Å²) < 4.78 is 5.32. The van der Waals surface area contributed by atoms with Crippen LogP contribution in [-0.2, 0) is 12.0 Å². The number of nitrogens with one attached hydrogen (secondary N) is 1. The van der Waals surface area contributed by atoms with Gasteiger partial charge in [-0.25, -0.2) is 0 Å². The average molecular weight is 325 g/mol. The van der Waals surface area contributed by atoms with Crippen molar-refractivity contribution in [3.8, 4) is 0 Å². The minimum Gasteiger partial charge on any atom is -0.349 e. The summed E-state index contributed by atoms with van der Waals surface area (Å²) in [6, 6.07) is 0. The third-order valence-electron chi connectivity index (χ3n) is 3.62. The van der Waals surface area contributed by atoms with E-state index in [1.54, 1.807) is 0 Å². The zero-order valence-electron chi connectivity index (χ0n) is 14.2. The fraction of sp³-hybridized carbons (Fsp3) is 0.800. The number of hydrogen-bond donors (Lipinski definition) is 1. The summed E-state index contributed by atoms with van der Waals surface area (Å²) in [6.45, 7) is 11.0. The molecule has 0 aromatic carbocycles. The Morgan fingerprint density at radius 1 is 1.50 bits per heavy atom. The Balaban J connectivity index is 1.92. The summed E-state index contributed by atoms with van der Waals surface area (Å²) in [4.78, 5) is 11.1. The summed E-state index contributed by atoms with van der Waals surface area (Å²) in [5, 5.41) is 8.07. The van der Waals surface area contributed by atoms with E-state index in [4.69, 9.17) is 4.52 Å². The van der Waals surface area contributed by atoms with Gasteiger partial charge in [-0.15, -0.1) is 0 Å². The molecule has 124 valence electrons. The van der Waals surface area contributed by atoms with Gasteiger partial charge in [0.2, 0.25) is 5.89 Å². The van der Waals surface area contributed by atoms with E-state index in [0.29, 0.717) is 23.5 Å². The van der Waals surface area contributed by atoms with Gasteiger partial charge >= 0.3 is 0 Å². The van der Waals surface area contributed by atoms with E-state index >= 15 is 0 Å². The largest absolute Gasteiger partial charge is 0.349 e. The molecule has 1 atom stereocenters. The molecule has 1 N–H and O–H groups in total. The maximum atomic E-state index is 5.32. The Morgan fingerprint density at radius 3 is 2.86 bits per heavy atom. The molecule has 0 aliphatic carbocycles. The van der Waals surface area contributed by atoms with Crippen LogP contribution in [0.3, 0.4) is 0 Å².